The van der Waals surface area contributed by atoms with Crippen molar-refractivity contribution in [2.24, 2.45) is 0 Å². The maximum absolute atomic E-state index is 12.1. The van der Waals surface area contributed by atoms with Gasteiger partial charge in [-0.3, -0.25) is 0 Å². The second kappa shape index (κ2) is 7.44. The number of carbonyl (C=O) groups excluding carboxylic acids is 1. The molecule has 0 saturated heterocycles. The van der Waals surface area contributed by atoms with Gasteiger partial charge in [0.2, 0.25) is 0 Å². The van der Waals surface area contributed by atoms with Crippen molar-refractivity contribution < 1.29 is 4.79 Å². The number of nitrogens with one attached hydrogen (secondary N) is 2. The Hall–Kier alpha value is -3.08. The standard InChI is InChI=1S/C21H24N4O/c1-21(2,3)23-20(26)22-14-17-15-25(18-12-8-5-9-13-18)24-19(17)16-10-6-4-7-11-16/h4-13,15H,14H2,1-3H3,(H2,22,23,26). The molecule has 0 fully saturated rings. The molecular formula is C21H24N4O. The summed E-state index contributed by atoms with van der Waals surface area (Å²) < 4.78 is 1.85. The molecule has 1 aromatic heterocycles. The van der Waals surface area contributed by atoms with Gasteiger partial charge in [-0.1, -0.05) is 48.5 Å². The fourth-order valence-electron chi connectivity index (χ4n) is 2.65. The van der Waals surface area contributed by atoms with Crippen LogP contribution in [0.15, 0.2) is 66.9 Å². The van der Waals surface area contributed by atoms with E-state index in [9.17, 15) is 4.79 Å². The fraction of sp³-hybridized carbons (Fsp3) is 0.238. The van der Waals surface area contributed by atoms with Gasteiger partial charge in [-0.15, -0.1) is 0 Å². The normalized spacial score (nSPS) is 11.2. The first kappa shape index (κ1) is 17.7. The molecule has 0 aliphatic carbocycles. The zero-order valence-corrected chi connectivity index (χ0v) is 15.4. The number of hydrogen-bond donors (Lipinski definition) is 2. The van der Waals surface area contributed by atoms with E-state index in [1.807, 2.05) is 92.3 Å². The Morgan fingerprint density at radius 1 is 1.00 bits per heavy atom. The van der Waals surface area contributed by atoms with Gasteiger partial charge in [0.25, 0.3) is 0 Å². The van der Waals surface area contributed by atoms with Gasteiger partial charge in [0.05, 0.1) is 11.4 Å². The van der Waals surface area contributed by atoms with Crippen LogP contribution in [0, 0.1) is 0 Å². The molecule has 0 spiro atoms. The van der Waals surface area contributed by atoms with Gasteiger partial charge in [0, 0.05) is 29.4 Å². The van der Waals surface area contributed by atoms with Gasteiger partial charge in [0.15, 0.2) is 0 Å². The average Bonchev–Trinajstić information content (AvgIpc) is 3.04. The topological polar surface area (TPSA) is 59.0 Å². The quantitative estimate of drug-likeness (QED) is 0.744. The van der Waals surface area contributed by atoms with Crippen molar-refractivity contribution in [3.63, 3.8) is 0 Å². The third kappa shape index (κ3) is 4.51. The molecule has 26 heavy (non-hydrogen) atoms. The van der Waals surface area contributed by atoms with Gasteiger partial charge in [-0.05, 0) is 32.9 Å². The van der Waals surface area contributed by atoms with Crippen LogP contribution in [0.3, 0.4) is 0 Å². The van der Waals surface area contributed by atoms with Crippen LogP contribution >= 0.6 is 0 Å². The van der Waals surface area contributed by atoms with E-state index >= 15 is 0 Å². The van der Waals surface area contributed by atoms with Crippen molar-refractivity contribution in [2.75, 3.05) is 0 Å². The first-order chi connectivity index (χ1) is 12.4. The summed E-state index contributed by atoms with van der Waals surface area (Å²) in [7, 11) is 0. The molecule has 0 saturated carbocycles. The predicted molar refractivity (Wildman–Crippen MR) is 104 cm³/mol. The van der Waals surface area contributed by atoms with Gasteiger partial charge < -0.3 is 10.6 Å². The highest BCUT2D eigenvalue weighted by Crippen LogP contribution is 2.23. The van der Waals surface area contributed by atoms with Crippen molar-refractivity contribution in [1.82, 2.24) is 20.4 Å². The summed E-state index contributed by atoms with van der Waals surface area (Å²) in [6.45, 7) is 6.26. The lowest BCUT2D eigenvalue weighted by molar-refractivity contribution is 0.231. The van der Waals surface area contributed by atoms with E-state index in [1.54, 1.807) is 0 Å². The minimum Gasteiger partial charge on any atom is -0.334 e. The van der Waals surface area contributed by atoms with Crippen LogP contribution in [-0.4, -0.2) is 21.4 Å². The molecule has 134 valence electrons. The molecule has 3 rings (SSSR count). The molecule has 5 heteroatoms. The van der Waals surface area contributed by atoms with Gasteiger partial charge in [-0.2, -0.15) is 5.10 Å². The number of nitrogens with zero attached hydrogens (tertiary/aromatic N) is 2. The van der Waals surface area contributed by atoms with E-state index < -0.39 is 0 Å². The van der Waals surface area contributed by atoms with Gasteiger partial charge >= 0.3 is 6.03 Å². The highest BCUT2D eigenvalue weighted by molar-refractivity contribution is 5.75. The Labute approximate surface area is 154 Å². The highest BCUT2D eigenvalue weighted by atomic mass is 16.2. The number of urea groups is 1. The zero-order chi connectivity index (χ0) is 18.6. The molecule has 0 atom stereocenters. The van der Waals surface area contributed by atoms with E-state index in [0.717, 1.165) is 22.5 Å². The Balaban J connectivity index is 1.88. The summed E-state index contributed by atoms with van der Waals surface area (Å²) in [5, 5.41) is 10.6. The van der Waals surface area contributed by atoms with Crippen LogP contribution in [0.5, 0.6) is 0 Å². The molecule has 0 bridgehead atoms. The summed E-state index contributed by atoms with van der Waals surface area (Å²) >= 11 is 0. The van der Waals surface area contributed by atoms with E-state index in [4.69, 9.17) is 5.10 Å². The SMILES string of the molecule is CC(C)(C)NC(=O)NCc1cn(-c2ccccc2)nc1-c1ccccc1. The Kier molecular flexibility index (Phi) is 5.07. The molecule has 1 heterocycles. The van der Waals surface area contributed by atoms with Crippen LogP contribution in [0.2, 0.25) is 0 Å². The molecule has 2 N–H and O–H groups in total. The number of amides is 2. The maximum atomic E-state index is 12.1. The Bertz CT molecular complexity index is 864. The summed E-state index contributed by atoms with van der Waals surface area (Å²) in [6.07, 6.45) is 1.97. The van der Waals surface area contributed by atoms with Gasteiger partial charge in [0.1, 0.15) is 0 Å². The van der Waals surface area contributed by atoms with Crippen LogP contribution in [0.4, 0.5) is 4.79 Å². The number of benzene rings is 2. The van der Waals surface area contributed by atoms with E-state index in [1.165, 1.54) is 0 Å². The maximum Gasteiger partial charge on any atom is 0.315 e. The number of hydrogen-bond acceptors (Lipinski definition) is 2. The van der Waals surface area contributed by atoms with E-state index in [2.05, 4.69) is 10.6 Å². The summed E-state index contributed by atoms with van der Waals surface area (Å²) in [6, 6.07) is 19.8. The van der Waals surface area contributed by atoms with Crippen molar-refractivity contribution in [1.29, 1.82) is 0 Å². The molecule has 2 aromatic carbocycles. The van der Waals surface area contributed by atoms with Crippen LogP contribution in [0.25, 0.3) is 16.9 Å². The minimum absolute atomic E-state index is 0.191. The molecule has 5 nitrogen and oxygen atoms in total. The van der Waals surface area contributed by atoms with E-state index in [-0.39, 0.29) is 11.6 Å². The third-order valence-electron chi connectivity index (χ3n) is 3.79. The lowest BCUT2D eigenvalue weighted by atomic mass is 10.1. The number of para-hydroxylation sites is 1. The fourth-order valence-corrected chi connectivity index (χ4v) is 2.65. The van der Waals surface area contributed by atoms with Crippen molar-refractivity contribution in [3.8, 4) is 16.9 Å². The second-order valence-corrected chi connectivity index (χ2v) is 7.21. The van der Waals surface area contributed by atoms with Gasteiger partial charge in [-0.25, -0.2) is 9.48 Å². The predicted octanol–water partition coefficient (Wildman–Crippen LogP) is 4.14. The van der Waals surface area contributed by atoms with E-state index in [0.29, 0.717) is 6.54 Å². The molecule has 3 aromatic rings. The van der Waals surface area contributed by atoms with Crippen molar-refractivity contribution >= 4 is 6.03 Å². The first-order valence-electron chi connectivity index (χ1n) is 8.68. The minimum atomic E-state index is -0.277. The Morgan fingerprint density at radius 2 is 1.62 bits per heavy atom. The molecule has 0 aliphatic heterocycles. The first-order valence-corrected chi connectivity index (χ1v) is 8.68. The smallest absolute Gasteiger partial charge is 0.315 e. The average molecular weight is 348 g/mol. The van der Waals surface area contributed by atoms with Crippen LogP contribution in [-0.2, 0) is 6.54 Å². The highest BCUT2D eigenvalue weighted by Gasteiger charge is 2.16. The number of aromatic nitrogens is 2. The van der Waals surface area contributed by atoms with Crippen molar-refractivity contribution in [3.05, 3.63) is 72.4 Å². The summed E-state index contributed by atoms with van der Waals surface area (Å²) in [4.78, 5) is 12.1. The monoisotopic (exact) mass is 348 g/mol. The number of rotatable bonds is 4. The van der Waals surface area contributed by atoms with Crippen LogP contribution in [0.1, 0.15) is 26.3 Å². The second-order valence-electron chi connectivity index (χ2n) is 7.21. The summed E-state index contributed by atoms with van der Waals surface area (Å²) in [5.41, 5.74) is 3.56. The zero-order valence-electron chi connectivity index (χ0n) is 15.4. The largest absolute Gasteiger partial charge is 0.334 e. The number of carbonyl (C=O) groups is 1. The lowest BCUT2D eigenvalue weighted by Gasteiger charge is -2.20. The van der Waals surface area contributed by atoms with Crippen molar-refractivity contribution in [2.45, 2.75) is 32.9 Å². The molecular weight excluding hydrogens is 324 g/mol. The lowest BCUT2D eigenvalue weighted by Crippen LogP contribution is -2.46. The van der Waals surface area contributed by atoms with Crippen LogP contribution < -0.4 is 10.6 Å². The molecule has 2 amide bonds. The summed E-state index contributed by atoms with van der Waals surface area (Å²) in [5.74, 6) is 0. The third-order valence-corrected chi connectivity index (χ3v) is 3.79. The molecule has 0 radical (unpaired) electrons. The molecule has 0 aliphatic rings. The Morgan fingerprint density at radius 3 is 2.23 bits per heavy atom. The molecule has 0 unspecified atom stereocenters.